The Morgan fingerprint density at radius 1 is 1.04 bits per heavy atom. The number of ether oxygens (including phenoxy) is 1. The van der Waals surface area contributed by atoms with Gasteiger partial charge in [-0.05, 0) is 42.0 Å². The standard InChI is InChI=1S/C19H14F3NO/c1-2-10-23-11-9-15-12-17(7-8-18(15)23)24-13-14-3-5-16(6-4-14)19(20,21)22/h1,3-9,11-12H,10,13H2. The van der Waals surface area contributed by atoms with Gasteiger partial charge in [0.25, 0.3) is 0 Å². The minimum Gasteiger partial charge on any atom is -0.489 e. The Labute approximate surface area is 137 Å². The first-order valence-corrected chi connectivity index (χ1v) is 7.28. The maximum Gasteiger partial charge on any atom is 0.416 e. The van der Waals surface area contributed by atoms with Gasteiger partial charge in [-0.3, -0.25) is 0 Å². The molecular formula is C19H14F3NO. The summed E-state index contributed by atoms with van der Waals surface area (Å²) in [5.74, 6) is 3.24. The predicted molar refractivity (Wildman–Crippen MR) is 86.5 cm³/mol. The van der Waals surface area contributed by atoms with Crippen molar-refractivity contribution in [1.82, 2.24) is 4.57 Å². The third-order valence-electron chi connectivity index (χ3n) is 3.69. The smallest absolute Gasteiger partial charge is 0.416 e. The number of fused-ring (bicyclic) bond motifs is 1. The van der Waals surface area contributed by atoms with Crippen molar-refractivity contribution in [1.29, 1.82) is 0 Å². The summed E-state index contributed by atoms with van der Waals surface area (Å²) >= 11 is 0. The molecule has 122 valence electrons. The quantitative estimate of drug-likeness (QED) is 0.623. The van der Waals surface area contributed by atoms with Crippen LogP contribution in [0.1, 0.15) is 11.1 Å². The van der Waals surface area contributed by atoms with Crippen LogP contribution in [-0.2, 0) is 19.3 Å². The molecule has 0 atom stereocenters. The molecule has 0 saturated carbocycles. The van der Waals surface area contributed by atoms with Gasteiger partial charge in [0.05, 0.1) is 12.1 Å². The molecule has 3 rings (SSSR count). The van der Waals surface area contributed by atoms with Crippen LogP contribution in [0.2, 0.25) is 0 Å². The van der Waals surface area contributed by atoms with Crippen LogP contribution in [0.25, 0.3) is 10.9 Å². The molecule has 2 nitrogen and oxygen atoms in total. The van der Waals surface area contributed by atoms with Crippen molar-refractivity contribution in [2.45, 2.75) is 19.3 Å². The van der Waals surface area contributed by atoms with Crippen molar-refractivity contribution in [3.63, 3.8) is 0 Å². The molecular weight excluding hydrogens is 315 g/mol. The van der Waals surface area contributed by atoms with E-state index in [2.05, 4.69) is 5.92 Å². The second-order valence-electron chi connectivity index (χ2n) is 5.35. The number of terminal acetylenes is 1. The number of alkyl halides is 3. The van der Waals surface area contributed by atoms with Crippen molar-refractivity contribution < 1.29 is 17.9 Å². The first kappa shape index (κ1) is 16.0. The number of halogens is 3. The van der Waals surface area contributed by atoms with E-state index in [4.69, 9.17) is 11.2 Å². The summed E-state index contributed by atoms with van der Waals surface area (Å²) in [5, 5.41) is 0.996. The summed E-state index contributed by atoms with van der Waals surface area (Å²) in [6.07, 6.45) is 2.91. The molecule has 0 spiro atoms. The zero-order valence-corrected chi connectivity index (χ0v) is 12.7. The zero-order valence-electron chi connectivity index (χ0n) is 12.7. The predicted octanol–water partition coefficient (Wildman–Crippen LogP) is 4.87. The fraction of sp³-hybridized carbons (Fsp3) is 0.158. The van der Waals surface area contributed by atoms with E-state index in [0.29, 0.717) is 17.9 Å². The fourth-order valence-corrected chi connectivity index (χ4v) is 2.46. The zero-order chi connectivity index (χ0) is 17.2. The Bertz CT molecular complexity index is 886. The summed E-state index contributed by atoms with van der Waals surface area (Å²) in [7, 11) is 0. The Hall–Kier alpha value is -2.87. The molecule has 0 aliphatic rings. The third-order valence-corrected chi connectivity index (χ3v) is 3.69. The van der Waals surface area contributed by atoms with Crippen LogP contribution in [0.4, 0.5) is 13.2 Å². The highest BCUT2D eigenvalue weighted by Crippen LogP contribution is 2.29. The van der Waals surface area contributed by atoms with Crippen LogP contribution in [0.3, 0.4) is 0 Å². The van der Waals surface area contributed by atoms with E-state index in [-0.39, 0.29) is 6.61 Å². The average Bonchev–Trinajstić information content (AvgIpc) is 2.95. The lowest BCUT2D eigenvalue weighted by molar-refractivity contribution is -0.137. The lowest BCUT2D eigenvalue weighted by Crippen LogP contribution is -2.05. The molecule has 0 bridgehead atoms. The van der Waals surface area contributed by atoms with Crippen molar-refractivity contribution in [2.24, 2.45) is 0 Å². The van der Waals surface area contributed by atoms with Gasteiger partial charge in [0.1, 0.15) is 12.4 Å². The van der Waals surface area contributed by atoms with Gasteiger partial charge in [0.15, 0.2) is 0 Å². The minimum atomic E-state index is -4.32. The van der Waals surface area contributed by atoms with Crippen LogP contribution in [0.5, 0.6) is 5.75 Å². The van der Waals surface area contributed by atoms with Crippen molar-refractivity contribution >= 4 is 10.9 Å². The lowest BCUT2D eigenvalue weighted by atomic mass is 10.1. The summed E-state index contributed by atoms with van der Waals surface area (Å²) in [6, 6.07) is 12.5. The van der Waals surface area contributed by atoms with E-state index in [1.54, 1.807) is 0 Å². The van der Waals surface area contributed by atoms with Gasteiger partial charge in [-0.25, -0.2) is 0 Å². The van der Waals surface area contributed by atoms with E-state index in [0.717, 1.165) is 23.0 Å². The molecule has 0 fully saturated rings. The monoisotopic (exact) mass is 329 g/mol. The summed E-state index contributed by atoms with van der Waals surface area (Å²) in [4.78, 5) is 0. The molecule has 0 amide bonds. The molecule has 0 saturated heterocycles. The molecule has 5 heteroatoms. The number of rotatable bonds is 4. The van der Waals surface area contributed by atoms with Crippen molar-refractivity contribution in [2.75, 3.05) is 0 Å². The Balaban J connectivity index is 1.70. The van der Waals surface area contributed by atoms with Gasteiger partial charge in [0, 0.05) is 17.1 Å². The minimum absolute atomic E-state index is 0.203. The molecule has 1 aromatic heterocycles. The van der Waals surface area contributed by atoms with Crippen LogP contribution in [-0.4, -0.2) is 4.57 Å². The highest BCUT2D eigenvalue weighted by Gasteiger charge is 2.29. The number of hydrogen-bond acceptors (Lipinski definition) is 1. The SMILES string of the molecule is C#CCn1ccc2cc(OCc3ccc(C(F)(F)F)cc3)ccc21. The molecule has 0 radical (unpaired) electrons. The maximum absolute atomic E-state index is 12.5. The van der Waals surface area contributed by atoms with Crippen LogP contribution in [0.15, 0.2) is 54.7 Å². The van der Waals surface area contributed by atoms with E-state index in [1.807, 2.05) is 35.0 Å². The molecule has 24 heavy (non-hydrogen) atoms. The number of hydrogen-bond donors (Lipinski definition) is 0. The van der Waals surface area contributed by atoms with E-state index in [1.165, 1.54) is 12.1 Å². The molecule has 3 aromatic rings. The van der Waals surface area contributed by atoms with Gasteiger partial charge in [-0.2, -0.15) is 13.2 Å². The summed E-state index contributed by atoms with van der Waals surface area (Å²) < 4.78 is 45.2. The van der Waals surface area contributed by atoms with Gasteiger partial charge in [0.2, 0.25) is 0 Å². The van der Waals surface area contributed by atoms with E-state index in [9.17, 15) is 13.2 Å². The Kier molecular flexibility index (Phi) is 4.22. The van der Waals surface area contributed by atoms with Crippen LogP contribution < -0.4 is 4.74 Å². The van der Waals surface area contributed by atoms with Crippen molar-refractivity contribution in [3.8, 4) is 18.1 Å². The highest BCUT2D eigenvalue weighted by molar-refractivity contribution is 5.81. The normalized spacial score (nSPS) is 11.4. The molecule has 1 heterocycles. The Morgan fingerprint density at radius 2 is 1.79 bits per heavy atom. The largest absolute Gasteiger partial charge is 0.489 e. The first-order valence-electron chi connectivity index (χ1n) is 7.28. The molecule has 0 aliphatic carbocycles. The fourth-order valence-electron chi connectivity index (χ4n) is 2.46. The van der Waals surface area contributed by atoms with Gasteiger partial charge in [-0.15, -0.1) is 6.42 Å². The van der Waals surface area contributed by atoms with Gasteiger partial charge >= 0.3 is 6.18 Å². The van der Waals surface area contributed by atoms with Crippen molar-refractivity contribution in [3.05, 3.63) is 65.9 Å². The third kappa shape index (κ3) is 3.38. The Morgan fingerprint density at radius 3 is 2.46 bits per heavy atom. The second-order valence-corrected chi connectivity index (χ2v) is 5.35. The molecule has 0 unspecified atom stereocenters. The maximum atomic E-state index is 12.5. The van der Waals surface area contributed by atoms with Gasteiger partial charge < -0.3 is 9.30 Å². The van der Waals surface area contributed by atoms with E-state index < -0.39 is 11.7 Å². The summed E-state index contributed by atoms with van der Waals surface area (Å²) in [5.41, 5.74) is 1.02. The van der Waals surface area contributed by atoms with Crippen LogP contribution in [0, 0.1) is 12.3 Å². The summed E-state index contributed by atoms with van der Waals surface area (Å²) in [6.45, 7) is 0.698. The second kappa shape index (κ2) is 6.32. The van der Waals surface area contributed by atoms with E-state index >= 15 is 0 Å². The average molecular weight is 329 g/mol. The van der Waals surface area contributed by atoms with Gasteiger partial charge in [-0.1, -0.05) is 18.1 Å². The molecule has 0 aliphatic heterocycles. The molecule has 0 N–H and O–H groups in total. The highest BCUT2D eigenvalue weighted by atomic mass is 19.4. The molecule has 2 aromatic carbocycles. The first-order chi connectivity index (χ1) is 11.5. The number of aromatic nitrogens is 1. The van der Waals surface area contributed by atoms with Crippen LogP contribution >= 0.6 is 0 Å². The lowest BCUT2D eigenvalue weighted by Gasteiger charge is -2.09. The number of nitrogens with zero attached hydrogens (tertiary/aromatic N) is 1. The number of benzene rings is 2. The topological polar surface area (TPSA) is 14.2 Å².